The van der Waals surface area contributed by atoms with Gasteiger partial charge in [0.1, 0.15) is 11.5 Å². The largest absolute Gasteiger partial charge is 0.497 e. The van der Waals surface area contributed by atoms with Crippen molar-refractivity contribution < 1.29 is 23.5 Å². The number of methoxy groups -OCH3 is 1. The van der Waals surface area contributed by atoms with Crippen LogP contribution in [0.1, 0.15) is 33.1 Å². The Bertz CT molecular complexity index is 1010. The fraction of sp³-hybridized carbons (Fsp3) is 0.217. The molecule has 1 aromatic carbocycles. The van der Waals surface area contributed by atoms with Crippen LogP contribution in [0.25, 0.3) is 6.08 Å². The van der Waals surface area contributed by atoms with Crippen molar-refractivity contribution in [2.75, 3.05) is 13.7 Å². The number of aryl methyl sites for hydroxylation is 1. The molecule has 3 rings (SSSR count). The molecular formula is C23H23NO5. The van der Waals surface area contributed by atoms with Gasteiger partial charge in [-0.15, -0.1) is 0 Å². The smallest absolute Gasteiger partial charge is 0.331 e. The van der Waals surface area contributed by atoms with Crippen LogP contribution in [-0.2, 0) is 16.1 Å². The zero-order chi connectivity index (χ0) is 20.8. The standard InChI is InChI=1S/C23H23NO5/c1-16-13-21(17(2)24(16)14-20-5-4-12-28-20)22(25)15-29-23(26)11-8-18-6-9-19(27-3)10-7-18/h4-13H,14-15H2,1-3H3. The number of furan rings is 1. The van der Waals surface area contributed by atoms with E-state index in [-0.39, 0.29) is 12.4 Å². The minimum absolute atomic E-state index is 0.241. The SMILES string of the molecule is COc1ccc(C=CC(=O)OCC(=O)c2cc(C)n(Cc3ccco3)c2C)cc1. The normalized spacial score (nSPS) is 11.0. The van der Waals surface area contributed by atoms with Crippen LogP contribution in [0.5, 0.6) is 5.75 Å². The number of carbonyl (C=O) groups excluding carboxylic acids is 2. The van der Waals surface area contributed by atoms with E-state index in [1.165, 1.54) is 6.08 Å². The van der Waals surface area contributed by atoms with E-state index >= 15 is 0 Å². The van der Waals surface area contributed by atoms with E-state index in [9.17, 15) is 9.59 Å². The molecule has 0 saturated heterocycles. The molecule has 0 bridgehead atoms. The van der Waals surface area contributed by atoms with Gasteiger partial charge in [0.15, 0.2) is 6.61 Å². The molecule has 0 aliphatic heterocycles. The van der Waals surface area contributed by atoms with Crippen molar-refractivity contribution in [3.8, 4) is 5.75 Å². The highest BCUT2D eigenvalue weighted by Gasteiger charge is 2.17. The number of carbonyl (C=O) groups is 2. The van der Waals surface area contributed by atoms with Gasteiger partial charge in [-0.05, 0) is 55.8 Å². The molecular weight excluding hydrogens is 370 g/mol. The van der Waals surface area contributed by atoms with E-state index in [0.717, 1.165) is 28.5 Å². The monoisotopic (exact) mass is 393 g/mol. The molecule has 0 spiro atoms. The first-order chi connectivity index (χ1) is 14.0. The summed E-state index contributed by atoms with van der Waals surface area (Å²) in [5, 5.41) is 0. The highest BCUT2D eigenvalue weighted by molar-refractivity contribution is 6.00. The highest BCUT2D eigenvalue weighted by Crippen LogP contribution is 2.18. The average molecular weight is 393 g/mol. The van der Waals surface area contributed by atoms with Crippen molar-refractivity contribution in [3.63, 3.8) is 0 Å². The van der Waals surface area contributed by atoms with E-state index in [4.69, 9.17) is 13.9 Å². The molecule has 0 fully saturated rings. The molecule has 29 heavy (non-hydrogen) atoms. The van der Waals surface area contributed by atoms with Crippen LogP contribution in [0, 0.1) is 13.8 Å². The number of benzene rings is 1. The van der Waals surface area contributed by atoms with Gasteiger partial charge in [0, 0.05) is 23.0 Å². The molecule has 3 aromatic rings. The lowest BCUT2D eigenvalue weighted by molar-refractivity contribution is -0.136. The van der Waals surface area contributed by atoms with Crippen molar-refractivity contribution >= 4 is 17.8 Å². The Labute approximate surface area is 169 Å². The predicted octanol–water partition coefficient (Wildman–Crippen LogP) is 4.19. The Balaban J connectivity index is 1.58. The third-order valence-electron chi connectivity index (χ3n) is 4.64. The van der Waals surface area contributed by atoms with Gasteiger partial charge in [0.25, 0.3) is 0 Å². The van der Waals surface area contributed by atoms with Crippen molar-refractivity contribution in [1.29, 1.82) is 0 Å². The second-order valence-electron chi connectivity index (χ2n) is 6.59. The summed E-state index contributed by atoms with van der Waals surface area (Å²) >= 11 is 0. The van der Waals surface area contributed by atoms with Crippen molar-refractivity contribution in [3.05, 3.63) is 83.1 Å². The Morgan fingerprint density at radius 3 is 2.55 bits per heavy atom. The number of ether oxygens (including phenoxy) is 2. The Hall–Kier alpha value is -3.54. The molecule has 0 aliphatic carbocycles. The minimum Gasteiger partial charge on any atom is -0.497 e. The predicted molar refractivity (Wildman–Crippen MR) is 109 cm³/mol. The third-order valence-corrected chi connectivity index (χ3v) is 4.64. The van der Waals surface area contributed by atoms with Gasteiger partial charge < -0.3 is 18.5 Å². The number of hydrogen-bond acceptors (Lipinski definition) is 5. The van der Waals surface area contributed by atoms with Crippen molar-refractivity contribution in [2.45, 2.75) is 20.4 Å². The zero-order valence-electron chi connectivity index (χ0n) is 16.7. The van der Waals surface area contributed by atoms with E-state index in [1.807, 2.05) is 48.7 Å². The molecule has 0 radical (unpaired) electrons. The quantitative estimate of drug-likeness (QED) is 0.326. The maximum Gasteiger partial charge on any atom is 0.331 e. The van der Waals surface area contributed by atoms with E-state index < -0.39 is 5.97 Å². The molecule has 150 valence electrons. The first-order valence-electron chi connectivity index (χ1n) is 9.19. The van der Waals surface area contributed by atoms with Gasteiger partial charge in [-0.3, -0.25) is 4.79 Å². The number of rotatable bonds is 8. The zero-order valence-corrected chi connectivity index (χ0v) is 16.7. The highest BCUT2D eigenvalue weighted by atomic mass is 16.5. The summed E-state index contributed by atoms with van der Waals surface area (Å²) in [5.41, 5.74) is 3.12. The fourth-order valence-electron chi connectivity index (χ4n) is 3.03. The summed E-state index contributed by atoms with van der Waals surface area (Å²) in [6.07, 6.45) is 4.55. The van der Waals surface area contributed by atoms with Crippen molar-refractivity contribution in [1.82, 2.24) is 4.57 Å². The van der Waals surface area contributed by atoms with Crippen LogP contribution in [0.2, 0.25) is 0 Å². The number of ketones is 1. The lowest BCUT2D eigenvalue weighted by Crippen LogP contribution is -2.13. The first kappa shape index (κ1) is 20.2. The fourth-order valence-corrected chi connectivity index (χ4v) is 3.03. The maximum atomic E-state index is 12.5. The summed E-state index contributed by atoms with van der Waals surface area (Å²) in [6, 6.07) is 12.8. The average Bonchev–Trinajstić information content (AvgIpc) is 3.34. The molecule has 2 aromatic heterocycles. The van der Waals surface area contributed by atoms with E-state index in [2.05, 4.69) is 0 Å². The summed E-state index contributed by atoms with van der Waals surface area (Å²) in [7, 11) is 1.59. The topological polar surface area (TPSA) is 70.7 Å². The molecule has 6 heteroatoms. The van der Waals surface area contributed by atoms with Gasteiger partial charge in [0.05, 0.1) is 19.9 Å². The molecule has 2 heterocycles. The van der Waals surface area contributed by atoms with Crippen LogP contribution in [0.15, 0.2) is 59.2 Å². The summed E-state index contributed by atoms with van der Waals surface area (Å²) < 4.78 is 17.6. The Morgan fingerprint density at radius 1 is 1.14 bits per heavy atom. The van der Waals surface area contributed by atoms with Gasteiger partial charge in [-0.1, -0.05) is 12.1 Å². The number of Topliss-reactive ketones (excluding diaryl/α,β-unsaturated/α-hetero) is 1. The summed E-state index contributed by atoms with van der Waals surface area (Å²) in [4.78, 5) is 24.5. The Kier molecular flexibility index (Phi) is 6.34. The lowest BCUT2D eigenvalue weighted by atomic mass is 10.1. The number of nitrogens with zero attached hydrogens (tertiary/aromatic N) is 1. The van der Waals surface area contributed by atoms with E-state index in [1.54, 1.807) is 31.6 Å². The molecule has 0 atom stereocenters. The van der Waals surface area contributed by atoms with Crippen LogP contribution in [0.4, 0.5) is 0 Å². The first-order valence-corrected chi connectivity index (χ1v) is 9.19. The van der Waals surface area contributed by atoms with Crippen LogP contribution in [0.3, 0.4) is 0 Å². The second-order valence-corrected chi connectivity index (χ2v) is 6.59. The second kappa shape index (κ2) is 9.10. The molecule has 0 amide bonds. The molecule has 0 saturated carbocycles. The Morgan fingerprint density at radius 2 is 1.90 bits per heavy atom. The van der Waals surface area contributed by atoms with Crippen LogP contribution < -0.4 is 4.74 Å². The number of aromatic nitrogens is 1. The molecule has 6 nitrogen and oxygen atoms in total. The van der Waals surface area contributed by atoms with Gasteiger partial charge in [-0.2, -0.15) is 0 Å². The van der Waals surface area contributed by atoms with Crippen LogP contribution >= 0.6 is 0 Å². The van der Waals surface area contributed by atoms with Gasteiger partial charge in [-0.25, -0.2) is 4.79 Å². The summed E-state index contributed by atoms with van der Waals surface area (Å²) in [6.45, 7) is 4.03. The third kappa shape index (κ3) is 5.04. The van der Waals surface area contributed by atoms with E-state index in [0.29, 0.717) is 12.1 Å². The maximum absolute atomic E-state index is 12.5. The number of hydrogen-bond donors (Lipinski definition) is 0. The molecule has 0 unspecified atom stereocenters. The lowest BCUT2D eigenvalue weighted by Gasteiger charge is -2.08. The minimum atomic E-state index is -0.571. The molecule has 0 aliphatic rings. The number of esters is 1. The van der Waals surface area contributed by atoms with Crippen LogP contribution in [-0.4, -0.2) is 30.0 Å². The summed E-state index contributed by atoms with van der Waals surface area (Å²) in [5.74, 6) is 0.731. The van der Waals surface area contributed by atoms with Gasteiger partial charge >= 0.3 is 5.97 Å². The molecule has 0 N–H and O–H groups in total. The van der Waals surface area contributed by atoms with Crippen molar-refractivity contribution in [2.24, 2.45) is 0 Å². The van der Waals surface area contributed by atoms with Gasteiger partial charge in [0.2, 0.25) is 5.78 Å².